The van der Waals surface area contributed by atoms with Gasteiger partial charge in [0.1, 0.15) is 5.75 Å². The van der Waals surface area contributed by atoms with Gasteiger partial charge in [0.2, 0.25) is 0 Å². The van der Waals surface area contributed by atoms with E-state index in [0.29, 0.717) is 22.0 Å². The van der Waals surface area contributed by atoms with Gasteiger partial charge >= 0.3 is 0 Å². The first-order chi connectivity index (χ1) is 11.5. The monoisotopic (exact) mass is 384 g/mol. The molecule has 0 fully saturated rings. The van der Waals surface area contributed by atoms with Crippen LogP contribution in [0.4, 0.5) is 0 Å². The normalized spacial score (nSPS) is 11.0. The number of aromatic amines is 1. The Morgan fingerprint density at radius 3 is 2.75 bits per heavy atom. The molecule has 0 bridgehead atoms. The molecule has 0 saturated carbocycles. The van der Waals surface area contributed by atoms with Crippen molar-refractivity contribution in [3.05, 3.63) is 51.4 Å². The summed E-state index contributed by atoms with van der Waals surface area (Å²) in [5.74, 6) is 2.40. The maximum Gasteiger partial charge on any atom is 0.251 e. The maximum absolute atomic E-state index is 11.7. The van der Waals surface area contributed by atoms with Gasteiger partial charge in [-0.1, -0.05) is 37.2 Å². The van der Waals surface area contributed by atoms with Crippen LogP contribution in [0.15, 0.2) is 40.3 Å². The third-order valence-electron chi connectivity index (χ3n) is 2.95. The van der Waals surface area contributed by atoms with Gasteiger partial charge in [-0.2, -0.15) is 11.8 Å². The van der Waals surface area contributed by atoms with E-state index in [2.05, 4.69) is 23.8 Å². The van der Waals surface area contributed by atoms with Crippen molar-refractivity contribution in [3.8, 4) is 5.75 Å². The molecule has 130 valence electrons. The molecule has 0 aliphatic carbocycles. The minimum Gasteiger partial charge on any atom is -0.494 e. The Balaban J connectivity index is 1.75. The van der Waals surface area contributed by atoms with E-state index in [1.807, 2.05) is 12.1 Å². The largest absolute Gasteiger partial charge is 0.494 e. The van der Waals surface area contributed by atoms with Crippen LogP contribution in [0, 0.1) is 0 Å². The minimum atomic E-state index is -0.0933. The third kappa shape index (κ3) is 7.20. The SMILES string of the molecule is CC(C)SCc1cc(=O)[nH]c(SCCCOc2ccc(Cl)cc2)n1. The van der Waals surface area contributed by atoms with Crippen LogP contribution in [-0.2, 0) is 5.75 Å². The standard InChI is InChI=1S/C17H21ClN2O2S2/c1-12(2)24-11-14-10-16(21)20-17(19-14)23-9-3-8-22-15-6-4-13(18)5-7-15/h4-7,10,12H,3,8-9,11H2,1-2H3,(H,19,20,21). The Morgan fingerprint density at radius 2 is 2.04 bits per heavy atom. The molecule has 1 N–H and O–H groups in total. The van der Waals surface area contributed by atoms with Crippen molar-refractivity contribution in [2.75, 3.05) is 12.4 Å². The Labute approximate surface area is 155 Å². The predicted octanol–water partition coefficient (Wildman–Crippen LogP) is 4.63. The number of rotatable bonds is 9. The zero-order valence-corrected chi connectivity index (χ0v) is 16.1. The summed E-state index contributed by atoms with van der Waals surface area (Å²) in [4.78, 5) is 19.0. The van der Waals surface area contributed by atoms with Gasteiger partial charge in [0, 0.05) is 22.6 Å². The number of thioether (sulfide) groups is 2. The lowest BCUT2D eigenvalue weighted by Gasteiger charge is -2.07. The Morgan fingerprint density at radius 1 is 1.29 bits per heavy atom. The Bertz CT molecular complexity index is 690. The summed E-state index contributed by atoms with van der Waals surface area (Å²) < 4.78 is 5.64. The summed E-state index contributed by atoms with van der Waals surface area (Å²) in [5, 5.41) is 1.89. The van der Waals surface area contributed by atoms with E-state index in [0.717, 1.165) is 29.4 Å². The number of hydrogen-bond donors (Lipinski definition) is 1. The van der Waals surface area contributed by atoms with Crippen molar-refractivity contribution >= 4 is 35.1 Å². The molecule has 0 amide bonds. The highest BCUT2D eigenvalue weighted by Crippen LogP contribution is 2.19. The lowest BCUT2D eigenvalue weighted by Crippen LogP contribution is -2.10. The van der Waals surface area contributed by atoms with Gasteiger partial charge in [-0.05, 0) is 35.9 Å². The van der Waals surface area contributed by atoms with Crippen LogP contribution in [0.3, 0.4) is 0 Å². The van der Waals surface area contributed by atoms with E-state index in [1.54, 1.807) is 41.7 Å². The van der Waals surface area contributed by atoms with Crippen LogP contribution in [0.1, 0.15) is 26.0 Å². The molecule has 0 aliphatic rings. The zero-order valence-electron chi connectivity index (χ0n) is 13.8. The molecule has 1 aromatic carbocycles. The van der Waals surface area contributed by atoms with Crippen molar-refractivity contribution in [2.45, 2.75) is 36.4 Å². The van der Waals surface area contributed by atoms with Crippen LogP contribution in [0.25, 0.3) is 0 Å². The second kappa shape index (κ2) is 10.0. The summed E-state index contributed by atoms with van der Waals surface area (Å²) in [6.07, 6.45) is 0.863. The van der Waals surface area contributed by atoms with Crippen molar-refractivity contribution in [1.82, 2.24) is 9.97 Å². The van der Waals surface area contributed by atoms with Crippen molar-refractivity contribution in [2.24, 2.45) is 0 Å². The summed E-state index contributed by atoms with van der Waals surface area (Å²) in [7, 11) is 0. The second-order valence-electron chi connectivity index (χ2n) is 5.41. The molecule has 2 aromatic rings. The molecule has 7 heteroatoms. The number of benzene rings is 1. The molecule has 4 nitrogen and oxygen atoms in total. The first-order valence-electron chi connectivity index (χ1n) is 7.76. The number of nitrogens with one attached hydrogen (secondary N) is 1. The quantitative estimate of drug-likeness (QED) is 0.388. The first-order valence-corrected chi connectivity index (χ1v) is 10.2. The number of H-pyrrole nitrogens is 1. The highest BCUT2D eigenvalue weighted by molar-refractivity contribution is 7.99. The second-order valence-corrected chi connectivity index (χ2v) is 8.49. The average Bonchev–Trinajstić information content (AvgIpc) is 2.54. The van der Waals surface area contributed by atoms with E-state index >= 15 is 0 Å². The number of nitrogens with zero attached hydrogens (tertiary/aromatic N) is 1. The average molecular weight is 385 g/mol. The predicted molar refractivity (Wildman–Crippen MR) is 104 cm³/mol. The van der Waals surface area contributed by atoms with Gasteiger partial charge < -0.3 is 9.72 Å². The Hall–Kier alpha value is -1.11. The van der Waals surface area contributed by atoms with E-state index in [9.17, 15) is 4.79 Å². The Kier molecular flexibility index (Phi) is 8.02. The van der Waals surface area contributed by atoms with Gasteiger partial charge in [-0.15, -0.1) is 0 Å². The van der Waals surface area contributed by atoms with Crippen molar-refractivity contribution < 1.29 is 4.74 Å². The molecule has 0 aliphatic heterocycles. The van der Waals surface area contributed by atoms with Crippen LogP contribution in [0.2, 0.25) is 5.02 Å². The molecule has 0 atom stereocenters. The summed E-state index contributed by atoms with van der Waals surface area (Å²) in [6, 6.07) is 8.89. The van der Waals surface area contributed by atoms with Gasteiger partial charge in [0.25, 0.3) is 5.56 Å². The molecule has 0 saturated heterocycles. The fourth-order valence-corrected chi connectivity index (χ4v) is 3.41. The van der Waals surface area contributed by atoms with Crippen molar-refractivity contribution in [3.63, 3.8) is 0 Å². The van der Waals surface area contributed by atoms with Gasteiger partial charge in [0.15, 0.2) is 5.16 Å². The fraction of sp³-hybridized carbons (Fsp3) is 0.412. The van der Waals surface area contributed by atoms with E-state index < -0.39 is 0 Å². The van der Waals surface area contributed by atoms with Crippen LogP contribution in [0.5, 0.6) is 5.75 Å². The van der Waals surface area contributed by atoms with Crippen LogP contribution in [-0.4, -0.2) is 27.6 Å². The van der Waals surface area contributed by atoms with Crippen LogP contribution >= 0.6 is 35.1 Å². The molecule has 0 unspecified atom stereocenters. The number of ether oxygens (including phenoxy) is 1. The molecule has 0 radical (unpaired) electrons. The zero-order chi connectivity index (χ0) is 17.4. The van der Waals surface area contributed by atoms with E-state index in [1.165, 1.54) is 0 Å². The highest BCUT2D eigenvalue weighted by atomic mass is 35.5. The first kappa shape index (κ1) is 19.2. The fourth-order valence-electron chi connectivity index (χ4n) is 1.83. The van der Waals surface area contributed by atoms with Gasteiger partial charge in [-0.25, -0.2) is 4.98 Å². The molecular weight excluding hydrogens is 364 g/mol. The smallest absolute Gasteiger partial charge is 0.251 e. The van der Waals surface area contributed by atoms with E-state index in [4.69, 9.17) is 16.3 Å². The third-order valence-corrected chi connectivity index (χ3v) is 5.29. The molecule has 1 aromatic heterocycles. The molecular formula is C17H21ClN2O2S2. The molecule has 0 spiro atoms. The van der Waals surface area contributed by atoms with Crippen molar-refractivity contribution in [1.29, 1.82) is 0 Å². The molecule has 2 rings (SSSR count). The maximum atomic E-state index is 11.7. The van der Waals surface area contributed by atoms with E-state index in [-0.39, 0.29) is 5.56 Å². The summed E-state index contributed by atoms with van der Waals surface area (Å²) in [6.45, 7) is 4.88. The minimum absolute atomic E-state index is 0.0933. The molecule has 24 heavy (non-hydrogen) atoms. The highest BCUT2D eigenvalue weighted by Gasteiger charge is 2.04. The van der Waals surface area contributed by atoms with Crippen LogP contribution < -0.4 is 10.3 Å². The molecule has 1 heterocycles. The topological polar surface area (TPSA) is 55.0 Å². The lowest BCUT2D eigenvalue weighted by atomic mass is 10.3. The summed E-state index contributed by atoms with van der Waals surface area (Å²) >= 11 is 9.15. The number of aromatic nitrogens is 2. The van der Waals surface area contributed by atoms with Gasteiger partial charge in [0.05, 0.1) is 12.3 Å². The number of hydrogen-bond acceptors (Lipinski definition) is 5. The lowest BCUT2D eigenvalue weighted by molar-refractivity contribution is 0.318. The number of halogens is 1. The van der Waals surface area contributed by atoms with Gasteiger partial charge in [-0.3, -0.25) is 4.79 Å². The summed E-state index contributed by atoms with van der Waals surface area (Å²) in [5.41, 5.74) is 0.738.